The Hall–Kier alpha value is -1.53. The summed E-state index contributed by atoms with van der Waals surface area (Å²) in [6.45, 7) is 4.54. The van der Waals surface area contributed by atoms with Crippen LogP contribution in [0.3, 0.4) is 0 Å². The van der Waals surface area contributed by atoms with E-state index in [1.165, 1.54) is 12.0 Å². The first-order valence-electron chi connectivity index (χ1n) is 11.4. The smallest absolute Gasteiger partial charge is 0.165 e. The molecule has 3 aliphatic heterocycles. The summed E-state index contributed by atoms with van der Waals surface area (Å²) in [5.41, 5.74) is 1.32. The summed E-state index contributed by atoms with van der Waals surface area (Å²) in [5.74, 6) is 0.663. The number of likely N-dealkylation sites (tertiary alicyclic amines) is 3. The van der Waals surface area contributed by atoms with E-state index in [0.29, 0.717) is 37.5 Å². The predicted molar refractivity (Wildman–Crippen MR) is 113 cm³/mol. The van der Waals surface area contributed by atoms with Crippen LogP contribution in [0, 0.1) is 11.3 Å². The van der Waals surface area contributed by atoms with E-state index in [-0.39, 0.29) is 11.6 Å². The number of rotatable bonds is 7. The van der Waals surface area contributed by atoms with Crippen molar-refractivity contribution in [2.75, 3.05) is 39.3 Å². The second kappa shape index (κ2) is 8.19. The number of hydrogen-bond acceptors (Lipinski definition) is 7. The lowest BCUT2D eigenvalue weighted by molar-refractivity contribution is -0.219. The average molecular weight is 412 g/mol. The largest absolute Gasteiger partial charge is 0.390 e. The predicted octanol–water partition coefficient (Wildman–Crippen LogP) is 0.517. The normalized spacial score (nSPS) is 31.5. The van der Waals surface area contributed by atoms with Crippen LogP contribution in [0.2, 0.25) is 0 Å². The van der Waals surface area contributed by atoms with E-state index in [2.05, 4.69) is 46.6 Å². The molecule has 7 nitrogen and oxygen atoms in total. The summed E-state index contributed by atoms with van der Waals surface area (Å²) in [5, 5.41) is 33.3. The average Bonchev–Trinajstić information content (AvgIpc) is 3.48. The summed E-state index contributed by atoms with van der Waals surface area (Å²) in [6, 6.07) is 14.4. The molecule has 0 aromatic heterocycles. The third-order valence-corrected chi connectivity index (χ3v) is 7.58. The van der Waals surface area contributed by atoms with Crippen molar-refractivity contribution in [1.82, 2.24) is 20.0 Å². The maximum Gasteiger partial charge on any atom is 0.165 e. The van der Waals surface area contributed by atoms with Crippen LogP contribution in [0.25, 0.3) is 0 Å². The number of aliphatic hydroxyl groups is 2. The molecule has 0 radical (unpaired) electrons. The Morgan fingerprint density at radius 2 is 1.83 bits per heavy atom. The van der Waals surface area contributed by atoms with Crippen molar-refractivity contribution in [1.29, 1.82) is 5.26 Å². The summed E-state index contributed by atoms with van der Waals surface area (Å²) in [6.07, 6.45) is 3.03. The zero-order valence-corrected chi connectivity index (χ0v) is 17.5. The van der Waals surface area contributed by atoms with E-state index in [1.54, 1.807) is 0 Å². The van der Waals surface area contributed by atoms with Crippen LogP contribution in [-0.2, 0) is 0 Å². The number of nitrogens with one attached hydrogen (secondary N) is 1. The van der Waals surface area contributed by atoms with E-state index >= 15 is 0 Å². The Balaban J connectivity index is 1.10. The summed E-state index contributed by atoms with van der Waals surface area (Å²) in [4.78, 5) is 6.41. The molecule has 3 N–H and O–H groups in total. The minimum Gasteiger partial charge on any atom is -0.390 e. The Morgan fingerprint density at radius 3 is 2.47 bits per heavy atom. The molecule has 4 fully saturated rings. The van der Waals surface area contributed by atoms with Gasteiger partial charge in [-0.3, -0.25) is 14.7 Å². The number of nitriles is 1. The van der Waals surface area contributed by atoms with E-state index in [9.17, 15) is 15.5 Å². The molecule has 0 bridgehead atoms. The van der Waals surface area contributed by atoms with Gasteiger partial charge >= 0.3 is 0 Å². The third kappa shape index (κ3) is 3.89. The van der Waals surface area contributed by atoms with Crippen molar-refractivity contribution in [3.05, 3.63) is 35.9 Å². The first-order chi connectivity index (χ1) is 14.6. The molecule has 7 heteroatoms. The van der Waals surface area contributed by atoms with Gasteiger partial charge in [0.05, 0.1) is 24.1 Å². The highest BCUT2D eigenvalue weighted by molar-refractivity contribution is 5.27. The van der Waals surface area contributed by atoms with Gasteiger partial charge in [-0.25, -0.2) is 0 Å². The fourth-order valence-electron chi connectivity index (χ4n) is 5.62. The van der Waals surface area contributed by atoms with E-state index in [1.807, 2.05) is 9.80 Å². The van der Waals surface area contributed by atoms with Crippen LogP contribution < -0.4 is 5.32 Å². The van der Waals surface area contributed by atoms with Crippen molar-refractivity contribution >= 4 is 0 Å². The molecule has 0 amide bonds. The number of hydrogen-bond donors (Lipinski definition) is 3. The van der Waals surface area contributed by atoms with Crippen molar-refractivity contribution in [2.45, 2.75) is 61.7 Å². The van der Waals surface area contributed by atoms with Gasteiger partial charge in [0.2, 0.25) is 0 Å². The maximum absolute atomic E-state index is 10.5. The Bertz CT molecular complexity index is 764. The van der Waals surface area contributed by atoms with E-state index < -0.39 is 6.35 Å². The second-order valence-corrected chi connectivity index (χ2v) is 9.71. The molecule has 1 unspecified atom stereocenters. The quantitative estimate of drug-likeness (QED) is 0.603. The van der Waals surface area contributed by atoms with Gasteiger partial charge in [0, 0.05) is 57.3 Å². The molecule has 1 aromatic rings. The summed E-state index contributed by atoms with van der Waals surface area (Å²) >= 11 is 0. The molecule has 5 rings (SSSR count). The molecular formula is C23H33N5O2. The Labute approximate surface area is 178 Å². The molecule has 162 valence electrons. The van der Waals surface area contributed by atoms with Crippen molar-refractivity contribution in [3.63, 3.8) is 0 Å². The highest BCUT2D eigenvalue weighted by Crippen LogP contribution is 2.42. The van der Waals surface area contributed by atoms with Crippen LogP contribution in [0.1, 0.15) is 37.2 Å². The molecule has 1 saturated carbocycles. The van der Waals surface area contributed by atoms with Crippen molar-refractivity contribution < 1.29 is 10.2 Å². The van der Waals surface area contributed by atoms with Crippen LogP contribution in [0.5, 0.6) is 0 Å². The van der Waals surface area contributed by atoms with Gasteiger partial charge in [0.15, 0.2) is 6.35 Å². The zero-order valence-electron chi connectivity index (χ0n) is 17.5. The lowest BCUT2D eigenvalue weighted by atomic mass is 9.82. The standard InChI is InChI=1S/C23H33N5O2/c24-9-8-23(15-27(16-23)22(30)26-13-19(29)14-26)28-10-6-18(7-11-28)25-21-12-20(21)17-4-2-1-3-5-17/h1-5,18-22,25,29-30H,6-8,10-16H2/t20-,21-,22?/m1/s1. The van der Waals surface area contributed by atoms with Crippen LogP contribution in [0.4, 0.5) is 0 Å². The fourth-order valence-corrected chi connectivity index (χ4v) is 5.62. The van der Waals surface area contributed by atoms with Gasteiger partial charge in [-0.1, -0.05) is 30.3 Å². The highest BCUT2D eigenvalue weighted by atomic mass is 16.3. The SMILES string of the molecule is N#CCC1(N2CCC(N[C@@H]3C[C@@H]3c3ccccc3)CC2)CN(C(O)N2CC(O)C2)C1. The second-order valence-electron chi connectivity index (χ2n) is 9.71. The molecule has 3 saturated heterocycles. The Morgan fingerprint density at radius 1 is 1.13 bits per heavy atom. The number of nitrogens with zero attached hydrogens (tertiary/aromatic N) is 4. The molecule has 1 aliphatic carbocycles. The van der Waals surface area contributed by atoms with E-state index in [4.69, 9.17) is 0 Å². The van der Waals surface area contributed by atoms with E-state index in [0.717, 1.165) is 39.0 Å². The van der Waals surface area contributed by atoms with Gasteiger partial charge in [0.1, 0.15) is 0 Å². The molecular weight excluding hydrogens is 378 g/mol. The molecule has 4 aliphatic rings. The molecule has 1 aromatic carbocycles. The molecule has 3 heterocycles. The van der Waals surface area contributed by atoms with Gasteiger partial charge in [-0.2, -0.15) is 5.26 Å². The lowest BCUT2D eigenvalue weighted by Gasteiger charge is -2.59. The van der Waals surface area contributed by atoms with Crippen LogP contribution >= 0.6 is 0 Å². The maximum atomic E-state index is 10.5. The zero-order chi connectivity index (χ0) is 20.7. The molecule has 30 heavy (non-hydrogen) atoms. The molecule has 0 spiro atoms. The van der Waals surface area contributed by atoms with Gasteiger partial charge < -0.3 is 15.5 Å². The van der Waals surface area contributed by atoms with Crippen molar-refractivity contribution in [2.24, 2.45) is 0 Å². The summed E-state index contributed by atoms with van der Waals surface area (Å²) < 4.78 is 0. The fraction of sp³-hybridized carbons (Fsp3) is 0.696. The van der Waals surface area contributed by atoms with Crippen LogP contribution in [-0.4, -0.2) is 94.3 Å². The first-order valence-corrected chi connectivity index (χ1v) is 11.4. The minimum atomic E-state index is -0.635. The topological polar surface area (TPSA) is 86.0 Å². The lowest BCUT2D eigenvalue weighted by Crippen LogP contribution is -2.76. The van der Waals surface area contributed by atoms with Crippen LogP contribution in [0.15, 0.2) is 30.3 Å². The number of β-amino-alcohol motifs (C(OH)–C–C–N with tert-alkyl or cyclic N) is 1. The van der Waals surface area contributed by atoms with Gasteiger partial charge in [0.25, 0.3) is 0 Å². The molecule has 3 atom stereocenters. The number of benzene rings is 1. The third-order valence-electron chi connectivity index (χ3n) is 7.58. The highest BCUT2D eigenvalue weighted by Gasteiger charge is 2.52. The monoisotopic (exact) mass is 411 g/mol. The first kappa shape index (κ1) is 20.4. The van der Waals surface area contributed by atoms with Gasteiger partial charge in [-0.05, 0) is 24.8 Å². The summed E-state index contributed by atoms with van der Waals surface area (Å²) in [7, 11) is 0. The minimum absolute atomic E-state index is 0.129. The number of aliphatic hydroxyl groups excluding tert-OH is 2. The van der Waals surface area contributed by atoms with Gasteiger partial charge in [-0.15, -0.1) is 0 Å². The van der Waals surface area contributed by atoms with Crippen molar-refractivity contribution in [3.8, 4) is 6.07 Å². The Kier molecular flexibility index (Phi) is 5.56. The number of piperidine rings is 1.